The summed E-state index contributed by atoms with van der Waals surface area (Å²) < 4.78 is 12.3. The highest BCUT2D eigenvalue weighted by atomic mass is 32.2. The molecule has 8 heteroatoms. The molecule has 0 bridgehead atoms. The van der Waals surface area contributed by atoms with Crippen molar-refractivity contribution >= 4 is 29.9 Å². The minimum Gasteiger partial charge on any atom is -0.468 e. The molecular formula is C17H22N3O3S2+. The molecule has 2 heterocycles. The van der Waals surface area contributed by atoms with Crippen LogP contribution in [-0.4, -0.2) is 47.0 Å². The maximum atomic E-state index is 11.8. The molecule has 25 heavy (non-hydrogen) atoms. The van der Waals surface area contributed by atoms with Crippen LogP contribution in [0.25, 0.3) is 11.5 Å². The fraction of sp³-hybridized carbons (Fsp3) is 0.471. The fourth-order valence-electron chi connectivity index (χ4n) is 3.03. The zero-order valence-corrected chi connectivity index (χ0v) is 16.2. The van der Waals surface area contributed by atoms with Crippen molar-refractivity contribution in [3.8, 4) is 11.5 Å². The van der Waals surface area contributed by atoms with E-state index in [0.29, 0.717) is 23.9 Å². The first kappa shape index (κ1) is 18.2. The van der Waals surface area contributed by atoms with Gasteiger partial charge in [0.05, 0.1) is 13.7 Å². The summed E-state index contributed by atoms with van der Waals surface area (Å²) in [6, 6.07) is 6.18. The lowest BCUT2D eigenvalue weighted by Gasteiger charge is -2.27. The zero-order valence-electron chi connectivity index (χ0n) is 14.6. The van der Waals surface area contributed by atoms with E-state index in [0.717, 1.165) is 29.0 Å². The number of benzene rings is 1. The Morgan fingerprint density at radius 1 is 1.44 bits per heavy atom. The van der Waals surface area contributed by atoms with Gasteiger partial charge in [-0.3, -0.25) is 4.79 Å². The van der Waals surface area contributed by atoms with Crippen molar-refractivity contribution in [2.24, 2.45) is 0 Å². The third-order valence-electron chi connectivity index (χ3n) is 4.16. The van der Waals surface area contributed by atoms with Gasteiger partial charge < -0.3 is 14.1 Å². The van der Waals surface area contributed by atoms with E-state index >= 15 is 0 Å². The second-order valence-electron chi connectivity index (χ2n) is 6.29. The highest BCUT2D eigenvalue weighted by molar-refractivity contribution is 8.00. The number of hydrogen-bond acceptors (Lipinski definition) is 6. The van der Waals surface area contributed by atoms with Gasteiger partial charge in [-0.1, -0.05) is 17.2 Å². The largest absolute Gasteiger partial charge is 0.468 e. The summed E-state index contributed by atoms with van der Waals surface area (Å²) in [5.74, 6) is 1.28. The summed E-state index contributed by atoms with van der Waals surface area (Å²) in [6.45, 7) is 6.33. The number of nitrogens with zero attached hydrogens (tertiary/aromatic N) is 2. The van der Waals surface area contributed by atoms with Crippen LogP contribution in [0.15, 0.2) is 22.6 Å². The van der Waals surface area contributed by atoms with Gasteiger partial charge in [-0.2, -0.15) is 4.68 Å². The minimum absolute atomic E-state index is 0.131. The maximum Gasteiger partial charge on any atom is 0.324 e. The number of nitrogens with one attached hydrogen (secondary N) is 1. The summed E-state index contributed by atoms with van der Waals surface area (Å²) in [5.41, 5.74) is 3.24. The van der Waals surface area contributed by atoms with Crippen molar-refractivity contribution in [1.82, 2.24) is 9.78 Å². The molecule has 1 N–H and O–H groups in total. The molecule has 0 amide bonds. The van der Waals surface area contributed by atoms with Crippen molar-refractivity contribution in [1.29, 1.82) is 0 Å². The fourth-order valence-corrected chi connectivity index (χ4v) is 4.49. The average Bonchev–Trinajstić information content (AvgIpc) is 2.94. The first-order chi connectivity index (χ1) is 12.0. The number of ether oxygens (including phenoxy) is 1. The van der Waals surface area contributed by atoms with Crippen LogP contribution in [0.4, 0.5) is 0 Å². The molecule has 2 aromatic rings. The summed E-state index contributed by atoms with van der Waals surface area (Å²) in [5, 5.41) is 4.42. The van der Waals surface area contributed by atoms with Gasteiger partial charge in [0.2, 0.25) is 5.89 Å². The van der Waals surface area contributed by atoms with Gasteiger partial charge in [-0.05, 0) is 38.2 Å². The van der Waals surface area contributed by atoms with Gasteiger partial charge in [0.1, 0.15) is 6.54 Å². The van der Waals surface area contributed by atoms with E-state index in [9.17, 15) is 4.79 Å². The van der Waals surface area contributed by atoms with Crippen molar-refractivity contribution < 1.29 is 18.8 Å². The topological polar surface area (TPSA) is 61.7 Å². The molecule has 134 valence electrons. The number of rotatable bonds is 4. The SMILES string of the molecule is COC(=O)[C@H]1C[NH+](Cn2nc(-c3cc(C)cc(C)c3)oc2=S)CCS1. The molecule has 2 atom stereocenters. The van der Waals surface area contributed by atoms with Crippen LogP contribution in [0.1, 0.15) is 11.1 Å². The molecule has 6 nitrogen and oxygen atoms in total. The van der Waals surface area contributed by atoms with Crippen molar-refractivity contribution in [3.63, 3.8) is 0 Å². The molecule has 3 rings (SSSR count). The first-order valence-electron chi connectivity index (χ1n) is 8.16. The molecule has 1 aliphatic heterocycles. The van der Waals surface area contributed by atoms with Gasteiger partial charge in [0.25, 0.3) is 4.84 Å². The van der Waals surface area contributed by atoms with E-state index in [1.807, 2.05) is 26.0 Å². The second kappa shape index (κ2) is 7.72. The van der Waals surface area contributed by atoms with Gasteiger partial charge in [0.15, 0.2) is 11.9 Å². The highest BCUT2D eigenvalue weighted by Crippen LogP contribution is 2.21. The number of aryl methyl sites for hydroxylation is 2. The molecule has 1 saturated heterocycles. The first-order valence-corrected chi connectivity index (χ1v) is 9.61. The third-order valence-corrected chi connectivity index (χ3v) is 5.66. The van der Waals surface area contributed by atoms with E-state index in [-0.39, 0.29) is 11.2 Å². The smallest absolute Gasteiger partial charge is 0.324 e. The standard InChI is InChI=1S/C17H21N3O3S2/c1-11-6-12(2)8-13(7-11)15-18-20(17(24)23-15)10-19-4-5-25-14(9-19)16(21)22-3/h6-8,14H,4-5,9-10H2,1-3H3/p+1/t14-/m1/s1. The average molecular weight is 381 g/mol. The predicted octanol–water partition coefficient (Wildman–Crippen LogP) is 1.62. The highest BCUT2D eigenvalue weighted by Gasteiger charge is 2.30. The number of hydrogen-bond donors (Lipinski definition) is 1. The Morgan fingerprint density at radius 3 is 2.84 bits per heavy atom. The maximum absolute atomic E-state index is 11.8. The number of thioether (sulfide) groups is 1. The lowest BCUT2D eigenvalue weighted by Crippen LogP contribution is -3.14. The molecule has 1 aliphatic rings. The lowest BCUT2D eigenvalue weighted by molar-refractivity contribution is -0.921. The summed E-state index contributed by atoms with van der Waals surface area (Å²) in [4.78, 5) is 13.4. The van der Waals surface area contributed by atoms with Crippen molar-refractivity contribution in [2.45, 2.75) is 25.8 Å². The van der Waals surface area contributed by atoms with Crippen LogP contribution < -0.4 is 4.90 Å². The molecule has 1 aromatic heterocycles. The Balaban J connectivity index is 1.77. The summed E-state index contributed by atoms with van der Waals surface area (Å²) >= 11 is 6.98. The molecular weight excluding hydrogens is 358 g/mol. The number of methoxy groups -OCH3 is 1. The number of esters is 1. The molecule has 1 fully saturated rings. The number of carbonyl (C=O) groups excluding carboxylic acids is 1. The molecule has 0 radical (unpaired) electrons. The van der Waals surface area contributed by atoms with Crippen LogP contribution in [0.5, 0.6) is 0 Å². The second-order valence-corrected chi connectivity index (χ2v) is 7.95. The van der Waals surface area contributed by atoms with E-state index in [1.165, 1.54) is 12.0 Å². The molecule has 1 aromatic carbocycles. The molecule has 0 aliphatic carbocycles. The molecule has 0 saturated carbocycles. The number of quaternary nitrogens is 1. The van der Waals surface area contributed by atoms with E-state index in [1.54, 1.807) is 16.4 Å². The van der Waals surface area contributed by atoms with E-state index in [2.05, 4.69) is 11.2 Å². The summed E-state index contributed by atoms with van der Waals surface area (Å²) in [7, 11) is 1.43. The van der Waals surface area contributed by atoms with Gasteiger partial charge in [-0.25, -0.2) is 0 Å². The van der Waals surface area contributed by atoms with Crippen molar-refractivity contribution in [3.05, 3.63) is 34.2 Å². The zero-order chi connectivity index (χ0) is 18.0. The molecule has 0 spiro atoms. The Morgan fingerprint density at radius 2 is 2.16 bits per heavy atom. The minimum atomic E-state index is -0.165. The van der Waals surface area contributed by atoms with Gasteiger partial charge in [-0.15, -0.1) is 16.9 Å². The van der Waals surface area contributed by atoms with Crippen LogP contribution in [0.3, 0.4) is 0 Å². The van der Waals surface area contributed by atoms with Crippen molar-refractivity contribution in [2.75, 3.05) is 26.0 Å². The van der Waals surface area contributed by atoms with Crippen LogP contribution >= 0.6 is 24.0 Å². The van der Waals surface area contributed by atoms with Gasteiger partial charge >= 0.3 is 5.97 Å². The van der Waals surface area contributed by atoms with Crippen LogP contribution in [-0.2, 0) is 16.2 Å². The molecule has 1 unspecified atom stereocenters. The van der Waals surface area contributed by atoms with Gasteiger partial charge in [0, 0.05) is 11.3 Å². The Kier molecular flexibility index (Phi) is 5.61. The van der Waals surface area contributed by atoms with E-state index < -0.39 is 0 Å². The number of aromatic nitrogens is 2. The lowest BCUT2D eigenvalue weighted by atomic mass is 10.1. The monoisotopic (exact) mass is 380 g/mol. The Labute approximate surface area is 156 Å². The Hall–Kier alpha value is -1.64. The number of carbonyl (C=O) groups is 1. The third kappa shape index (κ3) is 4.31. The quantitative estimate of drug-likeness (QED) is 0.643. The predicted molar refractivity (Wildman–Crippen MR) is 99.2 cm³/mol. The van der Waals surface area contributed by atoms with Crippen LogP contribution in [0.2, 0.25) is 0 Å². The summed E-state index contributed by atoms with van der Waals surface area (Å²) in [6.07, 6.45) is 0. The van der Waals surface area contributed by atoms with Crippen LogP contribution in [0, 0.1) is 18.7 Å². The normalized spacial score (nSPS) is 20.4. The van der Waals surface area contributed by atoms with E-state index in [4.69, 9.17) is 21.4 Å². The Bertz CT molecular complexity index is 811.